The maximum Gasteiger partial charge on any atom is 0.309 e. The molecule has 40 heavy (non-hydrogen) atoms. The second-order valence-electron chi connectivity index (χ2n) is 9.68. The molecule has 4 aromatic rings. The van der Waals surface area contributed by atoms with Crippen LogP contribution in [-0.4, -0.2) is 47.1 Å². The Bertz CT molecular complexity index is 1590. The number of rotatable bonds is 8. The fourth-order valence-electron chi connectivity index (χ4n) is 4.89. The lowest BCUT2D eigenvalue weighted by Crippen LogP contribution is -2.49. The van der Waals surface area contributed by atoms with Crippen LogP contribution in [0.2, 0.25) is 5.02 Å². The Morgan fingerprint density at radius 2 is 1.80 bits per heavy atom. The Morgan fingerprint density at radius 1 is 1.07 bits per heavy atom. The molecule has 1 saturated heterocycles. The first-order valence-electron chi connectivity index (χ1n) is 12.7. The lowest BCUT2D eigenvalue weighted by Gasteiger charge is -2.36. The summed E-state index contributed by atoms with van der Waals surface area (Å²) in [5, 5.41) is 12.5. The Labute approximate surface area is 236 Å². The number of anilines is 1. The van der Waals surface area contributed by atoms with Crippen molar-refractivity contribution in [2.45, 2.75) is 13.5 Å². The summed E-state index contributed by atoms with van der Waals surface area (Å²) in [4.78, 5) is 29.8. The number of ether oxygens (including phenoxy) is 1. The standard InChI is InChI=1S/C31H27ClFN3O4/c1-18-21(7-6-11-26(18)35-30(37)27-10-3-4-12-34-27)23-9-5-8-22(29(23)32)19-13-25(33)24(28(14-19)40-2)17-36-15-20(16-36)31(38)39/h3-14,20H,15-17H2,1-2H3,(H,35,37)(H,38,39). The van der Waals surface area contributed by atoms with Crippen molar-refractivity contribution < 1.29 is 23.8 Å². The van der Waals surface area contributed by atoms with Crippen molar-refractivity contribution in [1.29, 1.82) is 0 Å². The minimum atomic E-state index is -0.843. The van der Waals surface area contributed by atoms with Gasteiger partial charge in [0.05, 0.1) is 18.1 Å². The lowest BCUT2D eigenvalue weighted by atomic mass is 9.94. The average Bonchev–Trinajstić information content (AvgIpc) is 2.92. The molecule has 204 valence electrons. The number of halogens is 2. The van der Waals surface area contributed by atoms with Gasteiger partial charge in [0.25, 0.3) is 5.91 Å². The quantitative estimate of drug-likeness (QED) is 0.263. The van der Waals surface area contributed by atoms with Gasteiger partial charge in [0.15, 0.2) is 0 Å². The highest BCUT2D eigenvalue weighted by Crippen LogP contribution is 2.41. The van der Waals surface area contributed by atoms with E-state index in [-0.39, 0.29) is 12.5 Å². The van der Waals surface area contributed by atoms with E-state index in [2.05, 4.69) is 10.3 Å². The van der Waals surface area contributed by atoms with Crippen molar-refractivity contribution in [1.82, 2.24) is 9.88 Å². The molecule has 2 heterocycles. The monoisotopic (exact) mass is 559 g/mol. The van der Waals surface area contributed by atoms with Gasteiger partial charge >= 0.3 is 5.97 Å². The molecule has 1 aliphatic heterocycles. The highest BCUT2D eigenvalue weighted by atomic mass is 35.5. The first kappa shape index (κ1) is 27.3. The summed E-state index contributed by atoms with van der Waals surface area (Å²) >= 11 is 6.93. The molecule has 0 spiro atoms. The van der Waals surface area contributed by atoms with Crippen LogP contribution in [0.15, 0.2) is 72.9 Å². The molecule has 7 nitrogen and oxygen atoms in total. The number of nitrogens with one attached hydrogen (secondary N) is 1. The van der Waals surface area contributed by atoms with Crippen LogP contribution in [0.4, 0.5) is 10.1 Å². The smallest absolute Gasteiger partial charge is 0.309 e. The number of pyridine rings is 1. The number of hydrogen-bond donors (Lipinski definition) is 2. The van der Waals surface area contributed by atoms with Crippen molar-refractivity contribution in [3.63, 3.8) is 0 Å². The number of amides is 1. The first-order valence-corrected chi connectivity index (χ1v) is 13.1. The summed E-state index contributed by atoms with van der Waals surface area (Å²) in [5.74, 6) is -1.68. The molecule has 0 unspecified atom stereocenters. The Morgan fingerprint density at radius 3 is 2.50 bits per heavy atom. The van der Waals surface area contributed by atoms with Crippen molar-refractivity contribution >= 4 is 29.2 Å². The van der Waals surface area contributed by atoms with Crippen LogP contribution in [0, 0.1) is 18.7 Å². The molecule has 0 atom stereocenters. The number of likely N-dealkylation sites (tertiary alicyclic amines) is 1. The van der Waals surface area contributed by atoms with Crippen LogP contribution in [0.1, 0.15) is 21.6 Å². The molecule has 0 bridgehead atoms. The summed E-state index contributed by atoms with van der Waals surface area (Å²) in [6, 6.07) is 19.4. The molecule has 2 N–H and O–H groups in total. The zero-order valence-electron chi connectivity index (χ0n) is 21.9. The van der Waals surface area contributed by atoms with E-state index in [1.54, 1.807) is 30.5 Å². The minimum absolute atomic E-state index is 0.253. The minimum Gasteiger partial charge on any atom is -0.496 e. The van der Waals surface area contributed by atoms with E-state index in [1.165, 1.54) is 13.2 Å². The van der Waals surface area contributed by atoms with E-state index in [4.69, 9.17) is 21.4 Å². The van der Waals surface area contributed by atoms with Gasteiger partial charge in [-0.05, 0) is 53.9 Å². The fraction of sp³-hybridized carbons (Fsp3) is 0.194. The summed E-state index contributed by atoms with van der Waals surface area (Å²) in [6.07, 6.45) is 1.56. The van der Waals surface area contributed by atoms with Gasteiger partial charge in [0.1, 0.15) is 17.3 Å². The number of nitrogens with zero attached hydrogens (tertiary/aromatic N) is 2. The van der Waals surface area contributed by atoms with E-state index in [1.807, 2.05) is 48.2 Å². The van der Waals surface area contributed by atoms with Gasteiger partial charge in [0.2, 0.25) is 0 Å². The van der Waals surface area contributed by atoms with Crippen LogP contribution in [0.25, 0.3) is 22.3 Å². The Balaban J connectivity index is 1.45. The summed E-state index contributed by atoms with van der Waals surface area (Å²) < 4.78 is 20.9. The van der Waals surface area contributed by atoms with Crippen LogP contribution in [0.3, 0.4) is 0 Å². The normalized spacial score (nSPS) is 13.5. The number of carboxylic acids is 1. The summed E-state index contributed by atoms with van der Waals surface area (Å²) in [6.45, 7) is 2.89. The maximum absolute atomic E-state index is 15.4. The van der Waals surface area contributed by atoms with Crippen LogP contribution in [0.5, 0.6) is 5.75 Å². The van der Waals surface area contributed by atoms with Crippen molar-refractivity contribution in [3.8, 4) is 28.0 Å². The number of carboxylic acid groups (broad SMARTS) is 1. The van der Waals surface area contributed by atoms with E-state index >= 15 is 4.39 Å². The van der Waals surface area contributed by atoms with Crippen molar-refractivity contribution in [2.75, 3.05) is 25.5 Å². The molecule has 1 aromatic heterocycles. The topological polar surface area (TPSA) is 91.8 Å². The third-order valence-electron chi connectivity index (χ3n) is 7.14. The molecule has 1 fully saturated rings. The Hall–Kier alpha value is -4.27. The largest absolute Gasteiger partial charge is 0.496 e. The predicted octanol–water partition coefficient (Wildman–Crippen LogP) is 6.29. The molecular formula is C31H27ClFN3O4. The van der Waals surface area contributed by atoms with Crippen LogP contribution >= 0.6 is 11.6 Å². The molecular weight excluding hydrogens is 533 g/mol. The molecule has 9 heteroatoms. The maximum atomic E-state index is 15.4. The van der Waals surface area contributed by atoms with E-state index < -0.39 is 17.7 Å². The van der Waals surface area contributed by atoms with Crippen LogP contribution in [-0.2, 0) is 11.3 Å². The number of aromatic nitrogens is 1. The zero-order valence-corrected chi connectivity index (χ0v) is 22.7. The SMILES string of the molecule is COc1cc(-c2cccc(-c3cccc(NC(=O)c4ccccn4)c3C)c2Cl)cc(F)c1CN1CC(C(=O)O)C1. The van der Waals surface area contributed by atoms with Crippen LogP contribution < -0.4 is 10.1 Å². The van der Waals surface area contributed by atoms with Gasteiger partial charge in [-0.3, -0.25) is 19.5 Å². The predicted molar refractivity (Wildman–Crippen MR) is 152 cm³/mol. The fourth-order valence-corrected chi connectivity index (χ4v) is 5.23. The van der Waals surface area contributed by atoms with Gasteiger partial charge in [0, 0.05) is 48.2 Å². The molecule has 3 aromatic carbocycles. The molecule has 0 radical (unpaired) electrons. The van der Waals surface area contributed by atoms with Crippen molar-refractivity contribution in [2.24, 2.45) is 5.92 Å². The van der Waals surface area contributed by atoms with E-state index in [9.17, 15) is 9.59 Å². The molecule has 0 aliphatic carbocycles. The van der Waals surface area contributed by atoms with E-state index in [0.717, 1.165) is 16.7 Å². The zero-order chi connectivity index (χ0) is 28.4. The number of carbonyl (C=O) groups is 2. The lowest BCUT2D eigenvalue weighted by molar-refractivity contribution is -0.147. The summed E-state index contributed by atoms with van der Waals surface area (Å²) in [7, 11) is 1.48. The number of hydrogen-bond acceptors (Lipinski definition) is 5. The van der Waals surface area contributed by atoms with Gasteiger partial charge in [-0.2, -0.15) is 0 Å². The summed E-state index contributed by atoms with van der Waals surface area (Å²) in [5.41, 5.74) is 4.85. The van der Waals surface area contributed by atoms with Gasteiger partial charge in [-0.25, -0.2) is 4.39 Å². The van der Waals surface area contributed by atoms with Crippen molar-refractivity contribution in [3.05, 3.63) is 101 Å². The first-order chi connectivity index (χ1) is 19.3. The third kappa shape index (κ3) is 5.41. The highest BCUT2D eigenvalue weighted by Gasteiger charge is 2.33. The number of aliphatic carboxylic acids is 1. The Kier molecular flexibility index (Phi) is 7.82. The third-order valence-corrected chi connectivity index (χ3v) is 7.55. The average molecular weight is 560 g/mol. The van der Waals surface area contributed by atoms with E-state index in [0.29, 0.717) is 51.9 Å². The molecule has 1 aliphatic rings. The molecule has 0 saturated carbocycles. The number of carbonyl (C=O) groups excluding carboxylic acids is 1. The van der Waals surface area contributed by atoms with Gasteiger partial charge in [-0.1, -0.05) is 48.0 Å². The molecule has 5 rings (SSSR count). The number of benzene rings is 3. The highest BCUT2D eigenvalue weighted by molar-refractivity contribution is 6.36. The second kappa shape index (κ2) is 11.5. The molecule has 1 amide bonds. The second-order valence-corrected chi connectivity index (χ2v) is 10.1. The number of methoxy groups -OCH3 is 1. The van der Waals surface area contributed by atoms with Gasteiger partial charge < -0.3 is 15.2 Å². The van der Waals surface area contributed by atoms with Gasteiger partial charge in [-0.15, -0.1) is 0 Å².